The Morgan fingerprint density at radius 2 is 2.02 bits per heavy atom. The average Bonchev–Trinajstić information content (AvgIpc) is 3.57. The predicted molar refractivity (Wildman–Crippen MR) is 173 cm³/mol. The fourth-order valence-corrected chi connectivity index (χ4v) is 5.53. The van der Waals surface area contributed by atoms with E-state index in [0.717, 1.165) is 86.0 Å². The minimum absolute atomic E-state index is 0.00928. The second kappa shape index (κ2) is 16.4. The highest BCUT2D eigenvalue weighted by molar-refractivity contribution is 5.86. The smallest absolute Gasteiger partial charge is 0.123 e. The number of aromatic nitrogens is 2. The lowest BCUT2D eigenvalue weighted by Gasteiger charge is -2.28. The number of nitrogens with one attached hydrogen (secondary N) is 1. The van der Waals surface area contributed by atoms with Crippen molar-refractivity contribution < 1.29 is 13.9 Å². The molecule has 1 aromatic heterocycles. The van der Waals surface area contributed by atoms with Crippen LogP contribution in [0.1, 0.15) is 63.2 Å². The SMILES string of the molecule is CCCCNC(C)N=C/C=C(\N)c1c(-c2ccc(F)cc2)nc2n1C(CN(CCOC)Cc1ccccc1OCC)CC2. The zero-order chi connectivity index (χ0) is 30.6. The van der Waals surface area contributed by atoms with Crippen LogP contribution in [0.5, 0.6) is 5.75 Å². The molecule has 2 unspecified atom stereocenters. The summed E-state index contributed by atoms with van der Waals surface area (Å²) in [5.74, 6) is 1.62. The van der Waals surface area contributed by atoms with Crippen molar-refractivity contribution in [2.75, 3.05) is 40.0 Å². The first-order valence-corrected chi connectivity index (χ1v) is 15.5. The van der Waals surface area contributed by atoms with E-state index in [0.29, 0.717) is 18.9 Å². The molecular weight excluding hydrogens is 543 g/mol. The number of methoxy groups -OCH3 is 1. The maximum absolute atomic E-state index is 13.8. The van der Waals surface area contributed by atoms with Crippen molar-refractivity contribution in [3.63, 3.8) is 0 Å². The molecule has 3 N–H and O–H groups in total. The molecule has 0 saturated heterocycles. The number of ether oxygens (including phenoxy) is 2. The van der Waals surface area contributed by atoms with E-state index in [4.69, 9.17) is 20.2 Å². The van der Waals surface area contributed by atoms with Crippen LogP contribution in [0, 0.1) is 5.82 Å². The van der Waals surface area contributed by atoms with Gasteiger partial charge in [-0.3, -0.25) is 15.2 Å². The number of unbranched alkanes of at least 4 members (excludes halogenated alkanes) is 1. The third kappa shape index (κ3) is 8.75. The zero-order valence-electron chi connectivity index (χ0n) is 26.1. The molecule has 8 nitrogen and oxygen atoms in total. The van der Waals surface area contributed by atoms with E-state index in [-0.39, 0.29) is 18.0 Å². The summed E-state index contributed by atoms with van der Waals surface area (Å²) in [6, 6.07) is 14.8. The van der Waals surface area contributed by atoms with Gasteiger partial charge in [-0.2, -0.15) is 0 Å². The maximum atomic E-state index is 13.8. The third-order valence-corrected chi connectivity index (χ3v) is 7.72. The number of hydrogen-bond donors (Lipinski definition) is 2. The van der Waals surface area contributed by atoms with Crippen molar-refractivity contribution in [1.82, 2.24) is 19.8 Å². The largest absolute Gasteiger partial charge is 0.494 e. The number of aliphatic imine (C=N–C) groups is 1. The number of imidazole rings is 1. The van der Waals surface area contributed by atoms with Crippen molar-refractivity contribution in [2.45, 2.75) is 65.2 Å². The van der Waals surface area contributed by atoms with Crippen LogP contribution >= 0.6 is 0 Å². The van der Waals surface area contributed by atoms with Crippen LogP contribution in [0.3, 0.4) is 0 Å². The molecular formula is C34H47FN6O2. The van der Waals surface area contributed by atoms with Crippen LogP contribution < -0.4 is 15.8 Å². The number of halogens is 1. The summed E-state index contributed by atoms with van der Waals surface area (Å²) in [4.78, 5) is 12.1. The number of nitrogens with two attached hydrogens (primary N) is 1. The van der Waals surface area contributed by atoms with Gasteiger partial charge in [0.1, 0.15) is 17.4 Å². The maximum Gasteiger partial charge on any atom is 0.123 e. The second-order valence-electron chi connectivity index (χ2n) is 11.0. The number of para-hydroxylation sites is 1. The lowest BCUT2D eigenvalue weighted by molar-refractivity contribution is 0.133. The van der Waals surface area contributed by atoms with Gasteiger partial charge in [0.2, 0.25) is 0 Å². The number of nitrogens with zero attached hydrogens (tertiary/aromatic N) is 4. The minimum Gasteiger partial charge on any atom is -0.494 e. The Labute approximate surface area is 255 Å². The molecule has 0 radical (unpaired) electrons. The first-order valence-electron chi connectivity index (χ1n) is 15.5. The van der Waals surface area contributed by atoms with E-state index in [1.54, 1.807) is 25.5 Å². The predicted octanol–water partition coefficient (Wildman–Crippen LogP) is 5.83. The molecule has 4 rings (SSSR count). The van der Waals surface area contributed by atoms with Crippen LogP contribution in [0.2, 0.25) is 0 Å². The summed E-state index contributed by atoms with van der Waals surface area (Å²) in [6.07, 6.45) is 7.66. The van der Waals surface area contributed by atoms with Gasteiger partial charge < -0.3 is 19.8 Å². The number of benzene rings is 2. The third-order valence-electron chi connectivity index (χ3n) is 7.72. The highest BCUT2D eigenvalue weighted by Crippen LogP contribution is 2.37. The van der Waals surface area contributed by atoms with Crippen LogP contribution in [0.25, 0.3) is 17.0 Å². The first-order chi connectivity index (χ1) is 20.9. The topological polar surface area (TPSA) is 89.9 Å². The fraction of sp³-hybridized carbons (Fsp3) is 0.471. The summed E-state index contributed by atoms with van der Waals surface area (Å²) in [6.45, 7) is 10.7. The first kappa shape index (κ1) is 32.4. The van der Waals surface area contributed by atoms with Crippen LogP contribution in [0.15, 0.2) is 59.6 Å². The van der Waals surface area contributed by atoms with Crippen LogP contribution in [-0.2, 0) is 17.7 Å². The summed E-state index contributed by atoms with van der Waals surface area (Å²) in [5, 5.41) is 3.41. The van der Waals surface area contributed by atoms with Crippen molar-refractivity contribution >= 4 is 11.9 Å². The average molecular weight is 591 g/mol. The number of hydrogen-bond acceptors (Lipinski definition) is 7. The number of rotatable bonds is 17. The van der Waals surface area contributed by atoms with E-state index >= 15 is 0 Å². The Hall–Kier alpha value is -3.53. The minimum atomic E-state index is -0.281. The van der Waals surface area contributed by atoms with Crippen molar-refractivity contribution in [1.29, 1.82) is 0 Å². The van der Waals surface area contributed by atoms with Gasteiger partial charge in [-0.15, -0.1) is 0 Å². The Balaban J connectivity index is 1.65. The Morgan fingerprint density at radius 3 is 2.77 bits per heavy atom. The lowest BCUT2D eigenvalue weighted by atomic mass is 10.1. The van der Waals surface area contributed by atoms with E-state index < -0.39 is 0 Å². The summed E-state index contributed by atoms with van der Waals surface area (Å²) in [7, 11) is 1.73. The van der Waals surface area contributed by atoms with Crippen molar-refractivity contribution in [3.8, 4) is 17.0 Å². The zero-order valence-corrected chi connectivity index (χ0v) is 26.1. The van der Waals surface area contributed by atoms with E-state index in [1.807, 2.05) is 32.1 Å². The van der Waals surface area contributed by atoms with E-state index in [1.165, 1.54) is 12.1 Å². The molecule has 2 aromatic carbocycles. The Kier molecular flexibility index (Phi) is 12.3. The van der Waals surface area contributed by atoms with Gasteiger partial charge in [-0.1, -0.05) is 31.5 Å². The molecule has 9 heteroatoms. The molecule has 2 atom stereocenters. The number of fused-ring (bicyclic) bond motifs is 1. The van der Waals surface area contributed by atoms with Crippen LogP contribution in [0.4, 0.5) is 4.39 Å². The van der Waals surface area contributed by atoms with Crippen molar-refractivity contribution in [2.24, 2.45) is 10.7 Å². The van der Waals surface area contributed by atoms with Gasteiger partial charge in [0, 0.05) is 56.5 Å². The normalized spacial score (nSPS) is 15.9. The monoisotopic (exact) mass is 590 g/mol. The molecule has 0 amide bonds. The molecule has 0 bridgehead atoms. The number of aryl methyl sites for hydroxylation is 1. The summed E-state index contributed by atoms with van der Waals surface area (Å²) >= 11 is 0. The van der Waals surface area contributed by atoms with E-state index in [9.17, 15) is 4.39 Å². The Bertz CT molecular complexity index is 1350. The van der Waals surface area contributed by atoms with Crippen LogP contribution in [-0.4, -0.2) is 66.8 Å². The van der Waals surface area contributed by atoms with Gasteiger partial charge in [0.05, 0.1) is 36.5 Å². The fourth-order valence-electron chi connectivity index (χ4n) is 5.53. The lowest BCUT2D eigenvalue weighted by Crippen LogP contribution is -2.33. The van der Waals surface area contributed by atoms with Gasteiger partial charge >= 0.3 is 0 Å². The molecule has 43 heavy (non-hydrogen) atoms. The number of allylic oxidation sites excluding steroid dienone is 1. The van der Waals surface area contributed by atoms with E-state index in [2.05, 4.69) is 38.8 Å². The Morgan fingerprint density at radius 1 is 1.23 bits per heavy atom. The van der Waals surface area contributed by atoms with Gasteiger partial charge in [0.15, 0.2) is 0 Å². The summed E-state index contributed by atoms with van der Waals surface area (Å²) < 4.78 is 27.5. The van der Waals surface area contributed by atoms with Gasteiger partial charge in [-0.25, -0.2) is 9.37 Å². The molecule has 232 valence electrons. The quantitative estimate of drug-likeness (QED) is 0.152. The summed E-state index contributed by atoms with van der Waals surface area (Å²) in [5.41, 5.74) is 11.0. The highest BCUT2D eigenvalue weighted by Gasteiger charge is 2.31. The highest BCUT2D eigenvalue weighted by atomic mass is 19.1. The second-order valence-corrected chi connectivity index (χ2v) is 11.0. The van der Waals surface area contributed by atoms with Gasteiger partial charge in [0.25, 0.3) is 0 Å². The molecule has 2 heterocycles. The van der Waals surface area contributed by atoms with Gasteiger partial charge in [-0.05, 0) is 69.6 Å². The molecule has 1 aliphatic rings. The molecule has 0 spiro atoms. The van der Waals surface area contributed by atoms with Crippen molar-refractivity contribution in [3.05, 3.63) is 77.5 Å². The molecule has 0 saturated carbocycles. The standard InChI is InChI=1S/C34H47FN6O2/c1-5-7-19-37-25(3)38-20-18-30(36)34-33(26-12-14-28(35)15-13-26)39-32-17-16-29(41(32)34)24-40(21-22-42-4)23-27-10-8-9-11-31(27)43-6-2/h8-15,18,20,25,29,37H,5-7,16-17,19,21-24,36H2,1-4H3/b30-18-,38-20?. The molecule has 3 aromatic rings. The molecule has 0 aliphatic carbocycles. The molecule has 1 aliphatic heterocycles. The molecule has 0 fully saturated rings.